The van der Waals surface area contributed by atoms with E-state index in [2.05, 4.69) is 15.7 Å². The number of anilines is 1. The van der Waals surface area contributed by atoms with Crippen molar-refractivity contribution in [1.82, 2.24) is 15.1 Å². The number of rotatable bonds is 6. The van der Waals surface area contributed by atoms with Crippen molar-refractivity contribution in [3.05, 3.63) is 82.9 Å². The van der Waals surface area contributed by atoms with Crippen molar-refractivity contribution >= 4 is 23.5 Å². The molecule has 0 aliphatic carbocycles. The molecule has 174 valence electrons. The van der Waals surface area contributed by atoms with Crippen LogP contribution in [0.3, 0.4) is 0 Å². The molecular weight excluding hydrogens is 439 g/mol. The van der Waals surface area contributed by atoms with Gasteiger partial charge in [-0.3, -0.25) is 19.1 Å². The number of carboxylic acid groups (broad SMARTS) is 1. The van der Waals surface area contributed by atoms with Gasteiger partial charge < -0.3 is 15.7 Å². The number of aryl methyl sites for hydroxylation is 2. The molecule has 0 unspecified atom stereocenters. The number of amides is 2. The molecule has 4 rings (SSSR count). The van der Waals surface area contributed by atoms with Gasteiger partial charge in [0.15, 0.2) is 0 Å². The Kier molecular flexibility index (Phi) is 6.27. The van der Waals surface area contributed by atoms with E-state index in [1.54, 1.807) is 31.2 Å². The molecule has 1 atom stereocenters. The quantitative estimate of drug-likeness (QED) is 0.519. The molecule has 2 aromatic carbocycles. The Labute approximate surface area is 195 Å². The molecule has 0 radical (unpaired) electrons. The molecule has 3 N–H and O–H groups in total. The Morgan fingerprint density at radius 3 is 2.62 bits per heavy atom. The third-order valence-corrected chi connectivity index (χ3v) is 5.74. The van der Waals surface area contributed by atoms with Crippen molar-refractivity contribution in [2.24, 2.45) is 0 Å². The van der Waals surface area contributed by atoms with E-state index in [-0.39, 0.29) is 24.8 Å². The summed E-state index contributed by atoms with van der Waals surface area (Å²) in [6, 6.07) is 13.0. The van der Waals surface area contributed by atoms with Crippen LogP contribution in [0.2, 0.25) is 0 Å². The summed E-state index contributed by atoms with van der Waals surface area (Å²) in [6.45, 7) is 3.38. The zero-order chi connectivity index (χ0) is 24.4. The largest absolute Gasteiger partial charge is 0.480 e. The van der Waals surface area contributed by atoms with Gasteiger partial charge in [-0.2, -0.15) is 5.10 Å². The van der Waals surface area contributed by atoms with Gasteiger partial charge >= 0.3 is 5.97 Å². The first-order valence-electron chi connectivity index (χ1n) is 10.6. The number of aliphatic carboxylic acids is 1. The Hall–Kier alpha value is -4.27. The lowest BCUT2D eigenvalue weighted by atomic mass is 9.86. The second kappa shape index (κ2) is 9.30. The van der Waals surface area contributed by atoms with E-state index in [1.165, 1.54) is 23.0 Å². The molecule has 3 aromatic rings. The van der Waals surface area contributed by atoms with Gasteiger partial charge in [0.2, 0.25) is 5.91 Å². The minimum absolute atomic E-state index is 0.0736. The standard InChI is InChI=1S/C25H23FN4O4/c1-14-3-4-17(22-9-15(2)30(29-22)13-24(32)33)10-21(14)28-25(34)20-12-27-23(31)11-19(20)16-5-7-18(26)8-6-16/h3-10,12,19H,11,13H2,1-2H3,(H,27,31)(H,28,34)(H,32,33)/t19-/m0/s1. The van der Waals surface area contributed by atoms with Gasteiger partial charge in [0.25, 0.3) is 5.91 Å². The van der Waals surface area contributed by atoms with E-state index in [0.717, 1.165) is 5.56 Å². The smallest absolute Gasteiger partial charge is 0.325 e. The monoisotopic (exact) mass is 462 g/mol. The first kappa shape index (κ1) is 22.9. The number of hydrogen-bond donors (Lipinski definition) is 3. The zero-order valence-corrected chi connectivity index (χ0v) is 18.6. The van der Waals surface area contributed by atoms with Crippen LogP contribution in [0.1, 0.15) is 29.2 Å². The Morgan fingerprint density at radius 1 is 1.18 bits per heavy atom. The van der Waals surface area contributed by atoms with E-state index in [0.29, 0.717) is 33.8 Å². The molecular formula is C25H23FN4O4. The highest BCUT2D eigenvalue weighted by Crippen LogP contribution is 2.32. The lowest BCUT2D eigenvalue weighted by Crippen LogP contribution is -2.32. The molecule has 0 fully saturated rings. The van der Waals surface area contributed by atoms with Gasteiger partial charge in [-0.15, -0.1) is 0 Å². The zero-order valence-electron chi connectivity index (χ0n) is 18.6. The fourth-order valence-electron chi connectivity index (χ4n) is 3.88. The van der Waals surface area contributed by atoms with Crippen LogP contribution in [-0.2, 0) is 20.9 Å². The molecule has 0 saturated heterocycles. The van der Waals surface area contributed by atoms with Crippen LogP contribution in [0.15, 0.2) is 60.3 Å². The van der Waals surface area contributed by atoms with Gasteiger partial charge in [0.1, 0.15) is 12.4 Å². The van der Waals surface area contributed by atoms with Gasteiger partial charge in [0, 0.05) is 41.1 Å². The van der Waals surface area contributed by atoms with E-state index in [4.69, 9.17) is 5.11 Å². The van der Waals surface area contributed by atoms with Crippen LogP contribution < -0.4 is 10.6 Å². The lowest BCUT2D eigenvalue weighted by molar-refractivity contribution is -0.138. The van der Waals surface area contributed by atoms with E-state index >= 15 is 0 Å². The van der Waals surface area contributed by atoms with Crippen molar-refractivity contribution in [3.63, 3.8) is 0 Å². The second-order valence-electron chi connectivity index (χ2n) is 8.18. The van der Waals surface area contributed by atoms with Crippen LogP contribution in [0.25, 0.3) is 11.3 Å². The number of aromatic nitrogens is 2. The summed E-state index contributed by atoms with van der Waals surface area (Å²) in [5.74, 6) is -2.50. The first-order valence-corrected chi connectivity index (χ1v) is 10.6. The molecule has 8 nitrogen and oxygen atoms in total. The molecule has 2 amide bonds. The maximum atomic E-state index is 13.4. The number of halogens is 1. The fraction of sp³-hybridized carbons (Fsp3) is 0.200. The van der Waals surface area contributed by atoms with E-state index in [9.17, 15) is 18.8 Å². The number of carboxylic acids is 1. The Morgan fingerprint density at radius 2 is 1.91 bits per heavy atom. The summed E-state index contributed by atoms with van der Waals surface area (Å²) in [5.41, 5.74) is 4.41. The molecule has 9 heteroatoms. The maximum Gasteiger partial charge on any atom is 0.325 e. The highest BCUT2D eigenvalue weighted by molar-refractivity contribution is 6.07. The van der Waals surface area contributed by atoms with E-state index < -0.39 is 17.7 Å². The summed E-state index contributed by atoms with van der Waals surface area (Å²) >= 11 is 0. The lowest BCUT2D eigenvalue weighted by Gasteiger charge is -2.24. The summed E-state index contributed by atoms with van der Waals surface area (Å²) in [5, 5.41) is 18.9. The summed E-state index contributed by atoms with van der Waals surface area (Å²) < 4.78 is 14.8. The predicted molar refractivity (Wildman–Crippen MR) is 123 cm³/mol. The predicted octanol–water partition coefficient (Wildman–Crippen LogP) is 3.52. The summed E-state index contributed by atoms with van der Waals surface area (Å²) in [4.78, 5) is 36.2. The summed E-state index contributed by atoms with van der Waals surface area (Å²) in [7, 11) is 0. The number of carbonyl (C=O) groups excluding carboxylic acids is 2. The second-order valence-corrected chi connectivity index (χ2v) is 8.18. The Balaban J connectivity index is 1.60. The van der Waals surface area contributed by atoms with Crippen molar-refractivity contribution in [2.75, 3.05) is 5.32 Å². The third-order valence-electron chi connectivity index (χ3n) is 5.74. The molecule has 34 heavy (non-hydrogen) atoms. The van der Waals surface area contributed by atoms with Crippen LogP contribution >= 0.6 is 0 Å². The molecule has 1 aliphatic heterocycles. The van der Waals surface area contributed by atoms with Gasteiger partial charge in [0.05, 0.1) is 5.69 Å². The number of benzene rings is 2. The normalized spacial score (nSPS) is 15.4. The first-order chi connectivity index (χ1) is 16.2. The molecule has 1 aliphatic rings. The molecule has 0 bridgehead atoms. The molecule has 0 spiro atoms. The number of nitrogens with zero attached hydrogens (tertiary/aromatic N) is 2. The van der Waals surface area contributed by atoms with Crippen LogP contribution in [0, 0.1) is 19.7 Å². The topological polar surface area (TPSA) is 113 Å². The van der Waals surface area contributed by atoms with Gasteiger partial charge in [-0.05, 0) is 49.2 Å². The average Bonchev–Trinajstić information content (AvgIpc) is 3.15. The SMILES string of the molecule is Cc1ccc(-c2cc(C)n(CC(=O)O)n2)cc1NC(=O)C1=CNC(=O)C[C@H]1c1ccc(F)cc1. The van der Waals surface area contributed by atoms with Gasteiger partial charge in [-0.1, -0.05) is 24.3 Å². The van der Waals surface area contributed by atoms with Crippen molar-refractivity contribution in [3.8, 4) is 11.3 Å². The minimum Gasteiger partial charge on any atom is -0.480 e. The van der Waals surface area contributed by atoms with Crippen molar-refractivity contribution in [2.45, 2.75) is 32.7 Å². The van der Waals surface area contributed by atoms with E-state index in [1.807, 2.05) is 19.1 Å². The number of hydrogen-bond acceptors (Lipinski definition) is 4. The minimum atomic E-state index is -0.988. The average molecular weight is 462 g/mol. The number of carbonyl (C=O) groups is 3. The van der Waals surface area contributed by atoms with Gasteiger partial charge in [-0.25, -0.2) is 4.39 Å². The third kappa shape index (κ3) is 4.88. The highest BCUT2D eigenvalue weighted by atomic mass is 19.1. The van der Waals surface area contributed by atoms with Crippen LogP contribution in [0.4, 0.5) is 10.1 Å². The van der Waals surface area contributed by atoms with Crippen LogP contribution in [0.5, 0.6) is 0 Å². The Bertz CT molecular complexity index is 1310. The van der Waals surface area contributed by atoms with Crippen molar-refractivity contribution < 1.29 is 23.9 Å². The number of nitrogens with one attached hydrogen (secondary N) is 2. The fourth-order valence-corrected chi connectivity index (χ4v) is 3.88. The molecule has 0 saturated carbocycles. The van der Waals surface area contributed by atoms with Crippen LogP contribution in [-0.4, -0.2) is 32.7 Å². The molecule has 1 aromatic heterocycles. The van der Waals surface area contributed by atoms with Crippen molar-refractivity contribution in [1.29, 1.82) is 0 Å². The maximum absolute atomic E-state index is 13.4. The summed E-state index contributed by atoms with van der Waals surface area (Å²) in [6.07, 6.45) is 1.47. The highest BCUT2D eigenvalue weighted by Gasteiger charge is 2.29. The molecule has 2 heterocycles.